The molecule has 0 saturated carbocycles. The molecular weight excluding hydrogens is 258 g/mol. The summed E-state index contributed by atoms with van der Waals surface area (Å²) in [6.45, 7) is 0.186. The number of benzene rings is 1. The Bertz CT molecular complexity index is 754. The molecule has 8 heteroatoms. The van der Waals surface area contributed by atoms with Crippen molar-refractivity contribution in [2.75, 3.05) is 5.73 Å². The molecule has 0 aliphatic carbocycles. The molecule has 0 unspecified atom stereocenters. The van der Waals surface area contributed by atoms with Crippen molar-refractivity contribution in [1.29, 1.82) is 0 Å². The Labute approximate surface area is 113 Å². The molecule has 100 valence electrons. The molecule has 2 aromatic heterocycles. The van der Waals surface area contributed by atoms with Gasteiger partial charge in [0.2, 0.25) is 0 Å². The van der Waals surface area contributed by atoms with Crippen molar-refractivity contribution in [2.45, 2.75) is 6.54 Å². The fraction of sp³-hybridized carbons (Fsp3) is 0.0833. The standard InChI is InChI=1S/C12H11N7O/c13-10-5-8(7-3-1-2-4-9(7)15-10)12(20)14-6-11-16-18-19-17-11/h1-5H,6H2,(H2,13,15)(H,14,20)(H,16,17,18,19). The van der Waals surface area contributed by atoms with Gasteiger partial charge in [-0.3, -0.25) is 4.79 Å². The van der Waals surface area contributed by atoms with Crippen LogP contribution in [-0.2, 0) is 6.54 Å². The van der Waals surface area contributed by atoms with Crippen molar-refractivity contribution in [3.05, 3.63) is 41.7 Å². The van der Waals surface area contributed by atoms with Crippen molar-refractivity contribution in [3.63, 3.8) is 0 Å². The number of H-pyrrole nitrogens is 1. The van der Waals surface area contributed by atoms with E-state index >= 15 is 0 Å². The minimum absolute atomic E-state index is 0.186. The predicted molar refractivity (Wildman–Crippen MR) is 71.5 cm³/mol. The monoisotopic (exact) mass is 269 g/mol. The lowest BCUT2D eigenvalue weighted by atomic mass is 10.1. The molecule has 20 heavy (non-hydrogen) atoms. The highest BCUT2D eigenvalue weighted by atomic mass is 16.1. The summed E-state index contributed by atoms with van der Waals surface area (Å²) in [6, 6.07) is 8.87. The number of para-hydroxylation sites is 1. The average molecular weight is 269 g/mol. The Morgan fingerprint density at radius 2 is 2.20 bits per heavy atom. The molecule has 0 saturated heterocycles. The van der Waals surface area contributed by atoms with Crippen LogP contribution < -0.4 is 11.1 Å². The number of nitrogens with one attached hydrogen (secondary N) is 2. The number of carbonyl (C=O) groups excluding carboxylic acids is 1. The maximum absolute atomic E-state index is 12.2. The Hall–Kier alpha value is -3.03. The lowest BCUT2D eigenvalue weighted by Gasteiger charge is -2.07. The number of anilines is 1. The molecule has 0 radical (unpaired) electrons. The zero-order valence-electron chi connectivity index (χ0n) is 10.4. The first-order chi connectivity index (χ1) is 9.74. The van der Waals surface area contributed by atoms with Crippen LogP contribution in [0.2, 0.25) is 0 Å². The number of rotatable bonds is 3. The molecule has 2 heterocycles. The van der Waals surface area contributed by atoms with Gasteiger partial charge >= 0.3 is 0 Å². The third kappa shape index (κ3) is 2.26. The van der Waals surface area contributed by atoms with Crippen molar-refractivity contribution in [2.24, 2.45) is 0 Å². The molecule has 0 atom stereocenters. The van der Waals surface area contributed by atoms with Crippen LogP contribution in [0.15, 0.2) is 30.3 Å². The van der Waals surface area contributed by atoms with Gasteiger partial charge in [0.15, 0.2) is 5.82 Å². The van der Waals surface area contributed by atoms with E-state index in [-0.39, 0.29) is 12.5 Å². The van der Waals surface area contributed by atoms with Crippen molar-refractivity contribution >= 4 is 22.6 Å². The first-order valence-electron chi connectivity index (χ1n) is 5.90. The second-order valence-corrected chi connectivity index (χ2v) is 4.12. The number of nitrogens with two attached hydrogens (primary N) is 1. The third-order valence-corrected chi connectivity index (χ3v) is 2.78. The first-order valence-corrected chi connectivity index (χ1v) is 5.90. The van der Waals surface area contributed by atoms with E-state index in [0.717, 1.165) is 5.39 Å². The number of amides is 1. The van der Waals surface area contributed by atoms with Crippen LogP contribution in [0.1, 0.15) is 16.2 Å². The summed E-state index contributed by atoms with van der Waals surface area (Å²) in [7, 11) is 0. The first kappa shape index (κ1) is 12.0. The lowest BCUT2D eigenvalue weighted by Crippen LogP contribution is -2.24. The molecule has 3 rings (SSSR count). The lowest BCUT2D eigenvalue weighted by molar-refractivity contribution is 0.0951. The van der Waals surface area contributed by atoms with Gasteiger partial charge < -0.3 is 11.1 Å². The van der Waals surface area contributed by atoms with Crippen molar-refractivity contribution < 1.29 is 4.79 Å². The van der Waals surface area contributed by atoms with E-state index in [1.807, 2.05) is 24.3 Å². The van der Waals surface area contributed by atoms with Crippen LogP contribution >= 0.6 is 0 Å². The number of nitrogen functional groups attached to an aromatic ring is 1. The molecule has 4 N–H and O–H groups in total. The Balaban J connectivity index is 1.90. The zero-order chi connectivity index (χ0) is 13.9. The Morgan fingerprint density at radius 1 is 1.35 bits per heavy atom. The second-order valence-electron chi connectivity index (χ2n) is 4.12. The highest BCUT2D eigenvalue weighted by molar-refractivity contribution is 6.06. The summed E-state index contributed by atoms with van der Waals surface area (Å²) in [5, 5.41) is 16.7. The average Bonchev–Trinajstić information content (AvgIpc) is 2.97. The summed E-state index contributed by atoms with van der Waals surface area (Å²) >= 11 is 0. The van der Waals surface area contributed by atoms with Crippen molar-refractivity contribution in [3.8, 4) is 0 Å². The smallest absolute Gasteiger partial charge is 0.252 e. The minimum Gasteiger partial charge on any atom is -0.384 e. The number of hydrogen-bond acceptors (Lipinski definition) is 6. The van der Waals surface area contributed by atoms with Crippen LogP contribution in [-0.4, -0.2) is 31.5 Å². The summed E-state index contributed by atoms with van der Waals surface area (Å²) < 4.78 is 0. The number of aromatic nitrogens is 5. The number of nitrogens with zero attached hydrogens (tertiary/aromatic N) is 4. The molecule has 1 amide bonds. The fourth-order valence-electron chi connectivity index (χ4n) is 1.90. The van der Waals surface area contributed by atoms with E-state index in [9.17, 15) is 4.79 Å². The summed E-state index contributed by atoms with van der Waals surface area (Å²) in [5.74, 6) is 0.443. The van der Waals surface area contributed by atoms with Gasteiger partial charge in [-0.25, -0.2) is 4.98 Å². The van der Waals surface area contributed by atoms with Gasteiger partial charge in [-0.15, -0.1) is 10.2 Å². The quantitative estimate of drug-likeness (QED) is 0.626. The molecule has 8 nitrogen and oxygen atoms in total. The van der Waals surface area contributed by atoms with Gasteiger partial charge in [0, 0.05) is 5.39 Å². The molecule has 0 spiro atoms. The van der Waals surface area contributed by atoms with Crippen LogP contribution in [0.25, 0.3) is 10.9 Å². The summed E-state index contributed by atoms with van der Waals surface area (Å²) in [6.07, 6.45) is 0. The van der Waals surface area contributed by atoms with Crippen LogP contribution in [0.5, 0.6) is 0 Å². The van der Waals surface area contributed by atoms with Gasteiger partial charge in [0.25, 0.3) is 5.91 Å². The highest BCUT2D eigenvalue weighted by Gasteiger charge is 2.12. The van der Waals surface area contributed by atoms with E-state index in [1.54, 1.807) is 6.07 Å². The van der Waals surface area contributed by atoms with Gasteiger partial charge in [-0.05, 0) is 12.1 Å². The highest BCUT2D eigenvalue weighted by Crippen LogP contribution is 2.19. The zero-order valence-corrected chi connectivity index (χ0v) is 10.4. The van der Waals surface area contributed by atoms with Gasteiger partial charge in [0.05, 0.1) is 17.6 Å². The molecular formula is C12H11N7O. The van der Waals surface area contributed by atoms with E-state index in [1.165, 1.54) is 0 Å². The van der Waals surface area contributed by atoms with E-state index in [4.69, 9.17) is 5.73 Å². The maximum atomic E-state index is 12.2. The number of pyridine rings is 1. The molecule has 3 aromatic rings. The minimum atomic E-state index is -0.264. The fourth-order valence-corrected chi connectivity index (χ4v) is 1.90. The van der Waals surface area contributed by atoms with Gasteiger partial charge in [-0.2, -0.15) is 5.21 Å². The number of carbonyl (C=O) groups is 1. The number of hydrogen-bond donors (Lipinski definition) is 3. The summed E-state index contributed by atoms with van der Waals surface area (Å²) in [5.41, 5.74) is 6.87. The topological polar surface area (TPSA) is 122 Å². The van der Waals surface area contributed by atoms with E-state index < -0.39 is 0 Å². The van der Waals surface area contributed by atoms with Crippen LogP contribution in [0, 0.1) is 0 Å². The van der Waals surface area contributed by atoms with Crippen LogP contribution in [0.3, 0.4) is 0 Å². The normalized spacial score (nSPS) is 10.6. The molecule has 0 aliphatic heterocycles. The Kier molecular flexibility index (Phi) is 2.96. The third-order valence-electron chi connectivity index (χ3n) is 2.78. The van der Waals surface area contributed by atoms with Gasteiger partial charge in [-0.1, -0.05) is 23.4 Å². The molecule has 0 aliphatic rings. The predicted octanol–water partition coefficient (Wildman–Crippen LogP) is 0.260. The van der Waals surface area contributed by atoms with Gasteiger partial charge in [0.1, 0.15) is 5.82 Å². The summed E-state index contributed by atoms with van der Waals surface area (Å²) in [4.78, 5) is 16.4. The number of tetrazole rings is 1. The van der Waals surface area contributed by atoms with E-state index in [0.29, 0.717) is 22.7 Å². The maximum Gasteiger partial charge on any atom is 0.252 e. The molecule has 1 aromatic carbocycles. The number of fused-ring (bicyclic) bond motifs is 1. The van der Waals surface area contributed by atoms with Crippen LogP contribution in [0.4, 0.5) is 5.82 Å². The SMILES string of the molecule is Nc1cc(C(=O)NCc2nn[nH]n2)c2ccccc2n1. The largest absolute Gasteiger partial charge is 0.384 e. The van der Waals surface area contributed by atoms with Crippen molar-refractivity contribution in [1.82, 2.24) is 30.9 Å². The molecule has 0 fully saturated rings. The Morgan fingerprint density at radius 3 is 3.00 bits per heavy atom. The number of aromatic amines is 1. The molecule has 0 bridgehead atoms. The van der Waals surface area contributed by atoms with E-state index in [2.05, 4.69) is 30.9 Å². The second kappa shape index (κ2) is 4.92.